The third-order valence-electron chi connectivity index (χ3n) is 3.22. The molecular weight excluding hydrogens is 270 g/mol. The molecule has 0 saturated heterocycles. The summed E-state index contributed by atoms with van der Waals surface area (Å²) in [6.45, 7) is 4.64. The van der Waals surface area contributed by atoms with E-state index < -0.39 is 17.4 Å². The number of carbonyl (C=O) groups excluding carboxylic acids is 1. The molecule has 0 bridgehead atoms. The van der Waals surface area contributed by atoms with Gasteiger partial charge in [-0.15, -0.1) is 0 Å². The third-order valence-corrected chi connectivity index (χ3v) is 3.22. The van der Waals surface area contributed by atoms with Crippen LogP contribution in [0.2, 0.25) is 0 Å². The van der Waals surface area contributed by atoms with Crippen LogP contribution in [0, 0.1) is 6.92 Å². The smallest absolute Gasteiger partial charge is 0.328 e. The van der Waals surface area contributed by atoms with E-state index in [0.717, 1.165) is 5.69 Å². The van der Waals surface area contributed by atoms with Crippen molar-refractivity contribution in [2.24, 2.45) is 0 Å². The van der Waals surface area contributed by atoms with Gasteiger partial charge in [0.1, 0.15) is 5.54 Å². The zero-order valence-electron chi connectivity index (χ0n) is 12.1. The van der Waals surface area contributed by atoms with Crippen molar-refractivity contribution in [3.05, 3.63) is 47.8 Å². The van der Waals surface area contributed by atoms with E-state index in [2.05, 4.69) is 10.4 Å². The van der Waals surface area contributed by atoms with Crippen molar-refractivity contribution in [2.75, 3.05) is 0 Å². The van der Waals surface area contributed by atoms with E-state index in [9.17, 15) is 9.59 Å². The van der Waals surface area contributed by atoms with E-state index in [1.165, 1.54) is 20.0 Å². The number of nitrogens with zero attached hydrogens (tertiary/aromatic N) is 2. The lowest BCUT2D eigenvalue weighted by Gasteiger charge is -2.20. The van der Waals surface area contributed by atoms with Crippen LogP contribution >= 0.6 is 0 Å². The maximum absolute atomic E-state index is 12.2. The van der Waals surface area contributed by atoms with Gasteiger partial charge in [0.15, 0.2) is 0 Å². The highest BCUT2D eigenvalue weighted by Gasteiger charge is 2.30. The molecule has 0 aliphatic rings. The van der Waals surface area contributed by atoms with E-state index in [1.54, 1.807) is 11.6 Å². The summed E-state index contributed by atoms with van der Waals surface area (Å²) >= 11 is 0. The van der Waals surface area contributed by atoms with Gasteiger partial charge in [-0.25, -0.2) is 9.48 Å². The molecule has 0 saturated carbocycles. The number of para-hydroxylation sites is 1. The Morgan fingerprint density at radius 1 is 1.24 bits per heavy atom. The van der Waals surface area contributed by atoms with Crippen LogP contribution < -0.4 is 5.32 Å². The predicted octanol–water partition coefficient (Wildman–Crippen LogP) is 1.77. The Bertz CT molecular complexity index is 675. The summed E-state index contributed by atoms with van der Waals surface area (Å²) in [4.78, 5) is 23.3. The summed E-state index contributed by atoms with van der Waals surface area (Å²) in [7, 11) is 0. The Morgan fingerprint density at radius 2 is 1.86 bits per heavy atom. The highest BCUT2D eigenvalue weighted by atomic mass is 16.4. The number of carboxylic acid groups (broad SMARTS) is 1. The number of carbonyl (C=O) groups is 2. The minimum atomic E-state index is -1.33. The molecule has 1 amide bonds. The molecule has 0 spiro atoms. The van der Waals surface area contributed by atoms with Crippen molar-refractivity contribution in [3.8, 4) is 5.69 Å². The summed E-state index contributed by atoms with van der Waals surface area (Å²) < 4.78 is 1.64. The Morgan fingerprint density at radius 3 is 2.43 bits per heavy atom. The van der Waals surface area contributed by atoms with Crippen molar-refractivity contribution in [2.45, 2.75) is 26.3 Å². The van der Waals surface area contributed by atoms with Gasteiger partial charge in [-0.1, -0.05) is 18.2 Å². The maximum Gasteiger partial charge on any atom is 0.328 e. The zero-order valence-corrected chi connectivity index (χ0v) is 12.1. The van der Waals surface area contributed by atoms with Crippen LogP contribution in [0.15, 0.2) is 36.5 Å². The first kappa shape index (κ1) is 14.8. The molecule has 0 atom stereocenters. The van der Waals surface area contributed by atoms with Gasteiger partial charge in [-0.05, 0) is 32.9 Å². The van der Waals surface area contributed by atoms with Crippen LogP contribution in [0.4, 0.5) is 0 Å². The zero-order chi connectivity index (χ0) is 15.6. The molecule has 6 nitrogen and oxygen atoms in total. The minimum absolute atomic E-state index is 0.355. The number of nitrogens with one attached hydrogen (secondary N) is 1. The van der Waals surface area contributed by atoms with Crippen LogP contribution in [-0.2, 0) is 4.79 Å². The summed E-state index contributed by atoms with van der Waals surface area (Å²) in [6, 6.07) is 9.41. The first-order chi connectivity index (χ1) is 9.83. The molecule has 2 rings (SSSR count). The van der Waals surface area contributed by atoms with Crippen LogP contribution in [0.1, 0.15) is 29.9 Å². The molecule has 0 aliphatic heterocycles. The van der Waals surface area contributed by atoms with Gasteiger partial charge < -0.3 is 10.4 Å². The molecule has 2 N–H and O–H groups in total. The highest BCUT2D eigenvalue weighted by molar-refractivity contribution is 5.98. The Kier molecular flexibility index (Phi) is 3.80. The van der Waals surface area contributed by atoms with Gasteiger partial charge in [0.05, 0.1) is 23.1 Å². The van der Waals surface area contributed by atoms with E-state index in [-0.39, 0.29) is 0 Å². The molecule has 110 valence electrons. The number of amides is 1. The van der Waals surface area contributed by atoms with Crippen LogP contribution in [0.25, 0.3) is 5.69 Å². The second-order valence-corrected chi connectivity index (χ2v) is 5.28. The standard InChI is InChI=1S/C15H17N3O3/c1-10-12(13(19)17-15(2,3)14(20)21)9-16-18(10)11-7-5-4-6-8-11/h4-9H,1-3H3,(H,17,19)(H,20,21). The van der Waals surface area contributed by atoms with E-state index in [4.69, 9.17) is 5.11 Å². The molecule has 1 aromatic carbocycles. The van der Waals surface area contributed by atoms with Crippen LogP contribution in [0.5, 0.6) is 0 Å². The average Bonchev–Trinajstić information content (AvgIpc) is 2.81. The van der Waals surface area contributed by atoms with Gasteiger partial charge in [0.25, 0.3) is 5.91 Å². The molecule has 0 radical (unpaired) electrons. The van der Waals surface area contributed by atoms with Crippen molar-refractivity contribution in [1.29, 1.82) is 0 Å². The van der Waals surface area contributed by atoms with E-state index >= 15 is 0 Å². The quantitative estimate of drug-likeness (QED) is 0.897. The summed E-state index contributed by atoms with van der Waals surface area (Å²) in [5, 5.41) is 15.7. The minimum Gasteiger partial charge on any atom is -0.480 e. The normalized spacial score (nSPS) is 11.2. The van der Waals surface area contributed by atoms with Crippen molar-refractivity contribution >= 4 is 11.9 Å². The molecule has 1 heterocycles. The molecule has 0 unspecified atom stereocenters. The number of hydrogen-bond donors (Lipinski definition) is 2. The number of carboxylic acids is 1. The number of rotatable bonds is 4. The maximum atomic E-state index is 12.2. The van der Waals surface area contributed by atoms with Gasteiger partial charge >= 0.3 is 5.97 Å². The number of aromatic nitrogens is 2. The number of benzene rings is 1. The fraction of sp³-hybridized carbons (Fsp3) is 0.267. The van der Waals surface area contributed by atoms with Crippen molar-refractivity contribution in [3.63, 3.8) is 0 Å². The molecule has 6 heteroatoms. The molecule has 1 aromatic heterocycles. The lowest BCUT2D eigenvalue weighted by molar-refractivity contribution is -0.143. The molecule has 2 aromatic rings. The average molecular weight is 287 g/mol. The molecule has 21 heavy (non-hydrogen) atoms. The number of aliphatic carboxylic acids is 1. The lowest BCUT2D eigenvalue weighted by atomic mass is 10.1. The van der Waals surface area contributed by atoms with Gasteiger partial charge in [-0.3, -0.25) is 4.79 Å². The summed E-state index contributed by atoms with van der Waals surface area (Å²) in [6.07, 6.45) is 1.44. The van der Waals surface area contributed by atoms with E-state index in [0.29, 0.717) is 11.3 Å². The van der Waals surface area contributed by atoms with Gasteiger partial charge in [0.2, 0.25) is 0 Å². The lowest BCUT2D eigenvalue weighted by Crippen LogP contribution is -2.49. The summed E-state index contributed by atoms with van der Waals surface area (Å²) in [5.41, 5.74) is 0.512. The second kappa shape index (κ2) is 5.40. The summed E-state index contributed by atoms with van der Waals surface area (Å²) in [5.74, 6) is -1.55. The predicted molar refractivity (Wildman–Crippen MR) is 77.5 cm³/mol. The fourth-order valence-corrected chi connectivity index (χ4v) is 1.87. The first-order valence-electron chi connectivity index (χ1n) is 6.49. The van der Waals surface area contributed by atoms with Gasteiger partial charge in [-0.2, -0.15) is 5.10 Å². The van der Waals surface area contributed by atoms with Crippen LogP contribution in [0.3, 0.4) is 0 Å². The Hall–Kier alpha value is -2.63. The molecular formula is C15H17N3O3. The van der Waals surface area contributed by atoms with Crippen molar-refractivity contribution < 1.29 is 14.7 Å². The molecule has 0 fully saturated rings. The fourth-order valence-electron chi connectivity index (χ4n) is 1.87. The largest absolute Gasteiger partial charge is 0.480 e. The monoisotopic (exact) mass is 287 g/mol. The van der Waals surface area contributed by atoms with Crippen molar-refractivity contribution in [1.82, 2.24) is 15.1 Å². The third kappa shape index (κ3) is 2.94. The second-order valence-electron chi connectivity index (χ2n) is 5.28. The SMILES string of the molecule is Cc1c(C(=O)NC(C)(C)C(=O)O)cnn1-c1ccccc1. The first-order valence-corrected chi connectivity index (χ1v) is 6.49. The van der Waals surface area contributed by atoms with Crippen LogP contribution in [-0.4, -0.2) is 32.3 Å². The topological polar surface area (TPSA) is 84.2 Å². The Balaban J connectivity index is 2.29. The number of hydrogen-bond acceptors (Lipinski definition) is 3. The van der Waals surface area contributed by atoms with E-state index in [1.807, 2.05) is 30.3 Å². The Labute approximate surface area is 122 Å². The van der Waals surface area contributed by atoms with Gasteiger partial charge in [0, 0.05) is 0 Å². The molecule has 0 aliphatic carbocycles. The highest BCUT2D eigenvalue weighted by Crippen LogP contribution is 2.15.